The molecule has 0 fully saturated rings. The largest absolute Gasteiger partial charge is 0.456 e. The third-order valence-electron chi connectivity index (χ3n) is 10.7. The first kappa shape index (κ1) is 24.4. The van der Waals surface area contributed by atoms with Crippen molar-refractivity contribution in [3.8, 4) is 56.0 Å². The normalized spacial score (nSPS) is 16.1. The summed E-state index contributed by atoms with van der Waals surface area (Å²) in [6, 6.07) is 58.2. The summed E-state index contributed by atoms with van der Waals surface area (Å²) in [5, 5.41) is 5.00. The van der Waals surface area contributed by atoms with Gasteiger partial charge in [-0.3, -0.25) is 0 Å². The molecular formula is C45H26O. The van der Waals surface area contributed by atoms with Crippen molar-refractivity contribution in [2.45, 2.75) is 5.41 Å². The van der Waals surface area contributed by atoms with E-state index in [1.54, 1.807) is 0 Å². The summed E-state index contributed by atoms with van der Waals surface area (Å²) in [7, 11) is 0. The van der Waals surface area contributed by atoms with Crippen LogP contribution in [-0.2, 0) is 5.41 Å². The summed E-state index contributed by atoms with van der Waals surface area (Å²) in [4.78, 5) is 0. The van der Waals surface area contributed by atoms with Crippen molar-refractivity contribution in [1.29, 1.82) is 0 Å². The standard InChI is InChI=1S/C45H26O/c1-2-12-31-27(9-1)20-24-40-44(31)35-14-4-6-17-38(35)45(40)37-16-5-3-13-32(37)36-25-29(21-23-39(36)45)30-19-22-33-34-15-7-10-28-11-8-18-41(43(28)34)46-42(33)26-30/h1-26H. The van der Waals surface area contributed by atoms with E-state index in [4.69, 9.17) is 4.74 Å². The summed E-state index contributed by atoms with van der Waals surface area (Å²) < 4.78 is 6.55. The summed E-state index contributed by atoms with van der Waals surface area (Å²) >= 11 is 0. The van der Waals surface area contributed by atoms with Gasteiger partial charge in [0, 0.05) is 10.9 Å². The Morgan fingerprint density at radius 1 is 0.370 bits per heavy atom. The molecule has 0 N–H and O–H groups in total. The van der Waals surface area contributed by atoms with Gasteiger partial charge in [0.15, 0.2) is 0 Å². The zero-order valence-corrected chi connectivity index (χ0v) is 24.9. The molecule has 1 spiro atoms. The van der Waals surface area contributed by atoms with Crippen molar-refractivity contribution in [2.24, 2.45) is 0 Å². The lowest BCUT2D eigenvalue weighted by Gasteiger charge is -2.30. The molecule has 46 heavy (non-hydrogen) atoms. The third-order valence-corrected chi connectivity index (χ3v) is 10.7. The van der Waals surface area contributed by atoms with Crippen molar-refractivity contribution in [2.75, 3.05) is 0 Å². The van der Waals surface area contributed by atoms with Crippen LogP contribution < -0.4 is 4.74 Å². The maximum Gasteiger partial charge on any atom is 0.135 e. The predicted octanol–water partition coefficient (Wildman–Crippen LogP) is 11.8. The highest BCUT2D eigenvalue weighted by molar-refractivity contribution is 6.07. The number of fused-ring (bicyclic) bond motifs is 14. The quantitative estimate of drug-likeness (QED) is 0.187. The van der Waals surface area contributed by atoms with E-state index in [1.165, 1.54) is 77.2 Å². The zero-order chi connectivity index (χ0) is 30.0. The van der Waals surface area contributed by atoms with Crippen LogP contribution in [0, 0.1) is 0 Å². The molecule has 8 aromatic rings. The van der Waals surface area contributed by atoms with Crippen LogP contribution in [0.4, 0.5) is 0 Å². The van der Waals surface area contributed by atoms with Crippen LogP contribution in [0.5, 0.6) is 11.5 Å². The van der Waals surface area contributed by atoms with Gasteiger partial charge in [0.05, 0.1) is 5.41 Å². The van der Waals surface area contributed by atoms with E-state index in [1.807, 2.05) is 0 Å². The number of hydrogen-bond acceptors (Lipinski definition) is 1. The Balaban J connectivity index is 1.14. The molecule has 212 valence electrons. The monoisotopic (exact) mass is 582 g/mol. The van der Waals surface area contributed by atoms with Crippen molar-refractivity contribution >= 4 is 21.5 Å². The molecule has 1 heterocycles. The Morgan fingerprint density at radius 2 is 1.02 bits per heavy atom. The van der Waals surface area contributed by atoms with E-state index in [-0.39, 0.29) is 5.41 Å². The topological polar surface area (TPSA) is 9.23 Å². The second-order valence-electron chi connectivity index (χ2n) is 12.8. The number of benzene rings is 8. The summed E-state index contributed by atoms with van der Waals surface area (Å²) in [5.41, 5.74) is 15.1. The molecule has 0 aromatic heterocycles. The first-order chi connectivity index (χ1) is 22.8. The van der Waals surface area contributed by atoms with Gasteiger partial charge in [0.25, 0.3) is 0 Å². The Morgan fingerprint density at radius 3 is 1.93 bits per heavy atom. The van der Waals surface area contributed by atoms with Crippen molar-refractivity contribution in [3.05, 3.63) is 180 Å². The third kappa shape index (κ3) is 2.91. The molecule has 1 nitrogen and oxygen atoms in total. The van der Waals surface area contributed by atoms with Gasteiger partial charge in [-0.25, -0.2) is 0 Å². The first-order valence-electron chi connectivity index (χ1n) is 16.0. The van der Waals surface area contributed by atoms with Crippen molar-refractivity contribution in [3.63, 3.8) is 0 Å². The molecule has 0 bridgehead atoms. The Bertz CT molecular complexity index is 2620. The maximum atomic E-state index is 6.55. The fourth-order valence-electron chi connectivity index (χ4n) is 8.83. The van der Waals surface area contributed by atoms with Crippen LogP contribution in [0.15, 0.2) is 158 Å². The molecule has 1 atom stereocenters. The number of rotatable bonds is 1. The predicted molar refractivity (Wildman–Crippen MR) is 189 cm³/mol. The SMILES string of the molecule is c1ccc2c(c1)-c1cc(-c3ccc4c(c3)Oc3cccc5cccc-4c35)ccc1C21c2ccccc2-c2c1ccc1ccccc21. The highest BCUT2D eigenvalue weighted by Gasteiger charge is 2.51. The van der Waals surface area contributed by atoms with Crippen LogP contribution >= 0.6 is 0 Å². The van der Waals surface area contributed by atoms with E-state index in [9.17, 15) is 0 Å². The maximum absolute atomic E-state index is 6.55. The smallest absolute Gasteiger partial charge is 0.135 e. The number of ether oxygens (including phenoxy) is 1. The van der Waals surface area contributed by atoms with Gasteiger partial charge >= 0.3 is 0 Å². The minimum atomic E-state index is -0.359. The molecule has 0 saturated heterocycles. The molecule has 8 aromatic carbocycles. The fraction of sp³-hybridized carbons (Fsp3) is 0.0222. The van der Waals surface area contributed by atoms with Crippen LogP contribution in [0.1, 0.15) is 22.3 Å². The van der Waals surface area contributed by atoms with Gasteiger partial charge in [-0.15, -0.1) is 0 Å². The van der Waals surface area contributed by atoms with Crippen LogP contribution in [0.3, 0.4) is 0 Å². The lowest BCUT2D eigenvalue weighted by molar-refractivity contribution is 0.487. The minimum absolute atomic E-state index is 0.359. The van der Waals surface area contributed by atoms with Gasteiger partial charge in [0.1, 0.15) is 11.5 Å². The van der Waals surface area contributed by atoms with Crippen LogP contribution in [0.25, 0.3) is 66.1 Å². The molecule has 2 aliphatic carbocycles. The van der Waals surface area contributed by atoms with Gasteiger partial charge in [-0.1, -0.05) is 133 Å². The van der Waals surface area contributed by atoms with E-state index in [0.29, 0.717) is 0 Å². The summed E-state index contributed by atoms with van der Waals surface area (Å²) in [5.74, 6) is 1.83. The van der Waals surface area contributed by atoms with Crippen molar-refractivity contribution in [1.82, 2.24) is 0 Å². The van der Waals surface area contributed by atoms with Crippen LogP contribution in [0.2, 0.25) is 0 Å². The summed E-state index contributed by atoms with van der Waals surface area (Å²) in [6.07, 6.45) is 0. The minimum Gasteiger partial charge on any atom is -0.456 e. The molecule has 1 heteroatoms. The molecule has 1 aliphatic heterocycles. The first-order valence-corrected chi connectivity index (χ1v) is 16.0. The molecule has 1 unspecified atom stereocenters. The Hall–Kier alpha value is -5.92. The van der Waals surface area contributed by atoms with Crippen molar-refractivity contribution < 1.29 is 4.74 Å². The Labute approximate surface area is 267 Å². The van der Waals surface area contributed by atoms with E-state index in [2.05, 4.69) is 158 Å². The molecule has 3 aliphatic rings. The average Bonchev–Trinajstić information content (AvgIpc) is 3.59. The van der Waals surface area contributed by atoms with Gasteiger partial charge in [0.2, 0.25) is 0 Å². The zero-order valence-electron chi connectivity index (χ0n) is 24.9. The van der Waals surface area contributed by atoms with E-state index < -0.39 is 0 Å². The molecule has 0 saturated carbocycles. The van der Waals surface area contributed by atoms with E-state index in [0.717, 1.165) is 22.6 Å². The lowest BCUT2D eigenvalue weighted by Crippen LogP contribution is -2.25. The molecule has 0 amide bonds. The fourth-order valence-corrected chi connectivity index (χ4v) is 8.83. The lowest BCUT2D eigenvalue weighted by atomic mass is 9.70. The van der Waals surface area contributed by atoms with E-state index >= 15 is 0 Å². The molecular weight excluding hydrogens is 556 g/mol. The highest BCUT2D eigenvalue weighted by Crippen LogP contribution is 2.64. The van der Waals surface area contributed by atoms with Gasteiger partial charge in [-0.05, 0) is 102 Å². The van der Waals surface area contributed by atoms with Gasteiger partial charge in [-0.2, -0.15) is 0 Å². The van der Waals surface area contributed by atoms with Gasteiger partial charge < -0.3 is 4.74 Å². The Kier molecular flexibility index (Phi) is 4.57. The molecule has 0 radical (unpaired) electrons. The molecule has 11 rings (SSSR count). The number of hydrogen-bond donors (Lipinski definition) is 0. The average molecular weight is 583 g/mol. The van der Waals surface area contributed by atoms with Crippen LogP contribution in [-0.4, -0.2) is 0 Å². The second-order valence-corrected chi connectivity index (χ2v) is 12.8. The highest BCUT2D eigenvalue weighted by atomic mass is 16.5. The summed E-state index contributed by atoms with van der Waals surface area (Å²) in [6.45, 7) is 0. The second kappa shape index (κ2) is 8.62.